The molecule has 1 rings (SSSR count). The molecule has 0 heterocycles. The topological polar surface area (TPSA) is 49.3 Å². The van der Waals surface area contributed by atoms with Gasteiger partial charge in [0.25, 0.3) is 0 Å². The molecule has 2 atom stereocenters. The Balaban J connectivity index is 2.47. The molecule has 1 aromatic carbocycles. The van der Waals surface area contributed by atoms with Crippen molar-refractivity contribution < 1.29 is 14.3 Å². The number of aryl methyl sites for hydroxylation is 1. The minimum absolute atomic E-state index is 0.0362. The molecule has 0 bridgehead atoms. The van der Waals surface area contributed by atoms with E-state index in [1.807, 2.05) is 26.8 Å². The molecule has 0 aliphatic carbocycles. The fourth-order valence-electron chi connectivity index (χ4n) is 2.01. The number of hydrogen-bond donors (Lipinski definition) is 2. The van der Waals surface area contributed by atoms with Crippen molar-refractivity contribution in [3.63, 3.8) is 0 Å². The molecule has 0 amide bonds. The van der Waals surface area contributed by atoms with Crippen molar-refractivity contribution in [1.29, 1.82) is 0 Å². The van der Waals surface area contributed by atoms with E-state index in [9.17, 15) is 9.18 Å². The number of nitrogens with one attached hydrogen (secondary N) is 1. The minimum atomic E-state index is -0.826. The number of halogens is 1. The van der Waals surface area contributed by atoms with Crippen molar-refractivity contribution >= 4 is 5.97 Å². The first kappa shape index (κ1) is 15.6. The molecule has 0 fully saturated rings. The van der Waals surface area contributed by atoms with Crippen LogP contribution >= 0.6 is 0 Å². The Bertz CT molecular complexity index is 420. The van der Waals surface area contributed by atoms with Crippen LogP contribution in [0.3, 0.4) is 0 Å². The summed E-state index contributed by atoms with van der Waals surface area (Å²) in [5, 5.41) is 12.2. The van der Waals surface area contributed by atoms with Gasteiger partial charge in [0.1, 0.15) is 11.9 Å². The molecule has 0 aromatic heterocycles. The zero-order chi connectivity index (χ0) is 14.4. The second-order valence-electron chi connectivity index (χ2n) is 5.30. The van der Waals surface area contributed by atoms with Gasteiger partial charge in [-0.1, -0.05) is 26.0 Å². The normalized spacial score (nSPS) is 14.4. The molecular weight excluding hydrogens is 245 g/mol. The summed E-state index contributed by atoms with van der Waals surface area (Å²) in [4.78, 5) is 11.1. The zero-order valence-corrected chi connectivity index (χ0v) is 11.7. The third-order valence-corrected chi connectivity index (χ3v) is 3.15. The highest BCUT2D eigenvalue weighted by Gasteiger charge is 2.22. The lowest BCUT2D eigenvalue weighted by Crippen LogP contribution is -2.45. The molecule has 0 spiro atoms. The molecule has 2 N–H and O–H groups in total. The summed E-state index contributed by atoms with van der Waals surface area (Å²) in [6, 6.07) is 6.05. The van der Waals surface area contributed by atoms with E-state index >= 15 is 0 Å². The summed E-state index contributed by atoms with van der Waals surface area (Å²) in [5.41, 5.74) is 0.935. The zero-order valence-electron chi connectivity index (χ0n) is 11.7. The van der Waals surface area contributed by atoms with Gasteiger partial charge in [0, 0.05) is 6.04 Å². The summed E-state index contributed by atoms with van der Waals surface area (Å²) in [5.74, 6) is -1.02. The first-order valence-corrected chi connectivity index (χ1v) is 6.63. The van der Waals surface area contributed by atoms with E-state index in [0.717, 1.165) is 18.4 Å². The van der Waals surface area contributed by atoms with Crippen LogP contribution in [-0.4, -0.2) is 23.2 Å². The highest BCUT2D eigenvalue weighted by Crippen LogP contribution is 2.09. The second-order valence-corrected chi connectivity index (χ2v) is 5.30. The number of carbonyl (C=O) groups is 1. The van der Waals surface area contributed by atoms with Gasteiger partial charge in [-0.25, -0.2) is 4.39 Å². The van der Waals surface area contributed by atoms with E-state index in [2.05, 4.69) is 5.32 Å². The van der Waals surface area contributed by atoms with Gasteiger partial charge in [-0.15, -0.1) is 0 Å². The predicted molar refractivity (Wildman–Crippen MR) is 73.6 cm³/mol. The minimum Gasteiger partial charge on any atom is -0.480 e. The predicted octanol–water partition coefficient (Wildman–Crippen LogP) is 2.85. The fourth-order valence-corrected chi connectivity index (χ4v) is 2.01. The second kappa shape index (κ2) is 7.24. The van der Waals surface area contributed by atoms with Gasteiger partial charge in [0.15, 0.2) is 0 Å². The van der Waals surface area contributed by atoms with Crippen LogP contribution in [0.5, 0.6) is 0 Å². The number of aliphatic carboxylic acids is 1. The molecule has 0 saturated heterocycles. The first-order chi connectivity index (χ1) is 8.90. The summed E-state index contributed by atoms with van der Waals surface area (Å²) >= 11 is 0. The van der Waals surface area contributed by atoms with Crippen molar-refractivity contribution in [1.82, 2.24) is 5.32 Å². The number of carboxylic acid groups (broad SMARTS) is 1. The molecule has 0 radical (unpaired) electrons. The van der Waals surface area contributed by atoms with E-state index in [-0.39, 0.29) is 17.8 Å². The summed E-state index contributed by atoms with van der Waals surface area (Å²) < 4.78 is 13.0. The van der Waals surface area contributed by atoms with Crippen LogP contribution in [0.15, 0.2) is 24.3 Å². The van der Waals surface area contributed by atoms with E-state index in [1.165, 1.54) is 12.1 Å². The summed E-state index contributed by atoms with van der Waals surface area (Å²) in [6.07, 6.45) is 1.51. The Morgan fingerprint density at radius 3 is 2.58 bits per heavy atom. The summed E-state index contributed by atoms with van der Waals surface area (Å²) in [7, 11) is 0. The van der Waals surface area contributed by atoms with Crippen LogP contribution in [-0.2, 0) is 11.2 Å². The molecule has 0 aliphatic heterocycles. The van der Waals surface area contributed by atoms with Gasteiger partial charge in [0.2, 0.25) is 0 Å². The van der Waals surface area contributed by atoms with Gasteiger partial charge in [-0.05, 0) is 43.4 Å². The molecule has 19 heavy (non-hydrogen) atoms. The van der Waals surface area contributed by atoms with Crippen LogP contribution in [0, 0.1) is 11.7 Å². The van der Waals surface area contributed by atoms with Gasteiger partial charge >= 0.3 is 5.97 Å². The van der Waals surface area contributed by atoms with Crippen LogP contribution in [0.2, 0.25) is 0 Å². The van der Waals surface area contributed by atoms with Gasteiger partial charge in [-0.2, -0.15) is 0 Å². The SMILES string of the molecule is CC(CCc1cccc(F)c1)N[C@H](C(=O)O)C(C)C. The average Bonchev–Trinajstić information content (AvgIpc) is 2.32. The number of rotatable bonds is 7. The Kier molecular flexibility index (Phi) is 5.96. The Labute approximate surface area is 113 Å². The van der Waals surface area contributed by atoms with Crippen molar-refractivity contribution in [3.05, 3.63) is 35.6 Å². The van der Waals surface area contributed by atoms with Crippen molar-refractivity contribution in [2.75, 3.05) is 0 Å². The maximum atomic E-state index is 13.0. The Morgan fingerprint density at radius 1 is 1.37 bits per heavy atom. The van der Waals surface area contributed by atoms with Crippen LogP contribution in [0.4, 0.5) is 4.39 Å². The van der Waals surface area contributed by atoms with Gasteiger partial charge in [0.05, 0.1) is 0 Å². The molecule has 0 saturated carbocycles. The van der Waals surface area contributed by atoms with Crippen molar-refractivity contribution in [3.8, 4) is 0 Å². The van der Waals surface area contributed by atoms with E-state index in [0.29, 0.717) is 0 Å². The highest BCUT2D eigenvalue weighted by molar-refractivity contribution is 5.73. The number of benzene rings is 1. The summed E-state index contributed by atoms with van der Waals surface area (Å²) in [6.45, 7) is 5.72. The number of hydrogen-bond acceptors (Lipinski definition) is 2. The molecular formula is C15H22FNO2. The molecule has 3 nitrogen and oxygen atoms in total. The largest absolute Gasteiger partial charge is 0.480 e. The molecule has 1 unspecified atom stereocenters. The lowest BCUT2D eigenvalue weighted by molar-refractivity contribution is -0.140. The molecule has 106 valence electrons. The molecule has 1 aromatic rings. The van der Waals surface area contributed by atoms with Crippen molar-refractivity contribution in [2.45, 2.75) is 45.7 Å². The lowest BCUT2D eigenvalue weighted by Gasteiger charge is -2.23. The van der Waals surface area contributed by atoms with E-state index < -0.39 is 12.0 Å². The van der Waals surface area contributed by atoms with Crippen LogP contribution in [0.25, 0.3) is 0 Å². The third-order valence-electron chi connectivity index (χ3n) is 3.15. The van der Waals surface area contributed by atoms with E-state index in [1.54, 1.807) is 6.07 Å². The van der Waals surface area contributed by atoms with Gasteiger partial charge < -0.3 is 10.4 Å². The van der Waals surface area contributed by atoms with Gasteiger partial charge in [-0.3, -0.25) is 4.79 Å². The lowest BCUT2D eigenvalue weighted by atomic mass is 10.0. The monoisotopic (exact) mass is 267 g/mol. The molecule has 0 aliphatic rings. The maximum Gasteiger partial charge on any atom is 0.320 e. The first-order valence-electron chi connectivity index (χ1n) is 6.63. The fraction of sp³-hybridized carbons (Fsp3) is 0.533. The quantitative estimate of drug-likeness (QED) is 0.798. The van der Waals surface area contributed by atoms with Crippen molar-refractivity contribution in [2.24, 2.45) is 5.92 Å². The Hall–Kier alpha value is -1.42. The Morgan fingerprint density at radius 2 is 2.05 bits per heavy atom. The molecule has 4 heteroatoms. The standard InChI is InChI=1S/C15H22FNO2/c1-10(2)14(15(18)19)17-11(3)7-8-12-5-4-6-13(16)9-12/h4-6,9-11,14,17H,7-8H2,1-3H3,(H,18,19)/t11?,14-/m0/s1. The van der Waals surface area contributed by atoms with Crippen LogP contribution < -0.4 is 5.32 Å². The average molecular weight is 267 g/mol. The maximum absolute atomic E-state index is 13.0. The van der Waals surface area contributed by atoms with E-state index in [4.69, 9.17) is 5.11 Å². The highest BCUT2D eigenvalue weighted by atomic mass is 19.1. The van der Waals surface area contributed by atoms with Crippen LogP contribution in [0.1, 0.15) is 32.8 Å². The third kappa shape index (κ3) is 5.39. The number of carboxylic acids is 1. The smallest absolute Gasteiger partial charge is 0.320 e.